The van der Waals surface area contributed by atoms with E-state index in [1.54, 1.807) is 0 Å². The fourth-order valence-corrected chi connectivity index (χ4v) is 2.81. The molecule has 0 amide bonds. The summed E-state index contributed by atoms with van der Waals surface area (Å²) >= 11 is 1.84. The summed E-state index contributed by atoms with van der Waals surface area (Å²) in [5.74, 6) is 0. The molecule has 16 heavy (non-hydrogen) atoms. The Morgan fingerprint density at radius 2 is 1.50 bits per heavy atom. The van der Waals surface area contributed by atoms with Crippen molar-refractivity contribution in [2.45, 2.75) is 4.90 Å². The summed E-state index contributed by atoms with van der Waals surface area (Å²) in [5, 5.41) is 0. The Kier molecular flexibility index (Phi) is 2.55. The van der Waals surface area contributed by atoms with Crippen LogP contribution in [0.3, 0.4) is 0 Å². The highest BCUT2D eigenvalue weighted by atomic mass is 32.2. The van der Waals surface area contributed by atoms with Crippen LogP contribution < -0.4 is 0 Å². The van der Waals surface area contributed by atoms with E-state index in [-0.39, 0.29) is 0 Å². The minimum atomic E-state index is 1.29. The third kappa shape index (κ3) is 1.79. The SMILES string of the molecule is [CH]1C=C(c2ccccc2)Sc2ccccc21. The maximum atomic E-state index is 2.20. The van der Waals surface area contributed by atoms with Crippen molar-refractivity contribution in [3.05, 3.63) is 78.2 Å². The van der Waals surface area contributed by atoms with Gasteiger partial charge >= 0.3 is 0 Å². The summed E-state index contributed by atoms with van der Waals surface area (Å²) in [6, 6.07) is 19.0. The molecule has 0 bridgehead atoms. The van der Waals surface area contributed by atoms with Crippen LogP contribution in [0.15, 0.2) is 65.6 Å². The molecule has 0 aromatic heterocycles. The molecule has 1 heteroatoms. The van der Waals surface area contributed by atoms with Crippen LogP contribution in [0, 0.1) is 6.42 Å². The molecular weight excluding hydrogens is 212 g/mol. The fourth-order valence-electron chi connectivity index (χ4n) is 1.79. The standard InChI is InChI=1S/C15H11S/c1-2-6-12(7-3-1)15-11-10-13-8-4-5-9-14(13)16-15/h1-11H. The maximum absolute atomic E-state index is 2.20. The van der Waals surface area contributed by atoms with E-state index in [4.69, 9.17) is 0 Å². The summed E-state index contributed by atoms with van der Waals surface area (Å²) in [7, 11) is 0. The average molecular weight is 223 g/mol. The Bertz CT molecular complexity index is 526. The van der Waals surface area contributed by atoms with E-state index in [1.165, 1.54) is 20.9 Å². The lowest BCUT2D eigenvalue weighted by atomic mass is 10.1. The second-order valence-corrected chi connectivity index (χ2v) is 4.79. The molecule has 0 saturated carbocycles. The smallest absolute Gasteiger partial charge is 0.0161 e. The molecule has 1 aliphatic heterocycles. The number of hydrogen-bond donors (Lipinski definition) is 0. The number of hydrogen-bond acceptors (Lipinski definition) is 1. The minimum Gasteiger partial charge on any atom is -0.0895 e. The summed E-state index contributed by atoms with van der Waals surface area (Å²) in [6.07, 6.45) is 4.39. The van der Waals surface area contributed by atoms with E-state index in [0.717, 1.165) is 0 Å². The molecule has 1 radical (unpaired) electrons. The van der Waals surface area contributed by atoms with Crippen molar-refractivity contribution in [3.63, 3.8) is 0 Å². The Balaban J connectivity index is 1.95. The first kappa shape index (κ1) is 9.73. The van der Waals surface area contributed by atoms with Crippen molar-refractivity contribution in [2.75, 3.05) is 0 Å². The van der Waals surface area contributed by atoms with Crippen molar-refractivity contribution in [1.29, 1.82) is 0 Å². The second-order valence-electron chi connectivity index (χ2n) is 3.70. The van der Waals surface area contributed by atoms with Crippen LogP contribution in [-0.4, -0.2) is 0 Å². The second kappa shape index (κ2) is 4.18. The minimum absolute atomic E-state index is 1.29. The van der Waals surface area contributed by atoms with Crippen LogP contribution in [0.5, 0.6) is 0 Å². The topological polar surface area (TPSA) is 0 Å². The molecule has 1 heterocycles. The summed E-state index contributed by atoms with van der Waals surface area (Å²) in [5.41, 5.74) is 2.60. The van der Waals surface area contributed by atoms with E-state index in [1.807, 2.05) is 11.8 Å². The molecule has 0 saturated heterocycles. The first-order valence-corrected chi connectivity index (χ1v) is 6.12. The first-order chi connectivity index (χ1) is 7.93. The lowest BCUT2D eigenvalue weighted by molar-refractivity contribution is 1.34. The Hall–Kier alpha value is -1.47. The highest BCUT2D eigenvalue weighted by Gasteiger charge is 2.12. The van der Waals surface area contributed by atoms with Gasteiger partial charge in [-0.2, -0.15) is 0 Å². The third-order valence-electron chi connectivity index (χ3n) is 2.61. The summed E-state index contributed by atoms with van der Waals surface area (Å²) in [4.78, 5) is 2.66. The molecule has 0 atom stereocenters. The number of fused-ring (bicyclic) bond motifs is 1. The molecule has 0 N–H and O–H groups in total. The van der Waals surface area contributed by atoms with Gasteiger partial charge in [0.25, 0.3) is 0 Å². The van der Waals surface area contributed by atoms with E-state index in [2.05, 4.69) is 67.1 Å². The van der Waals surface area contributed by atoms with E-state index >= 15 is 0 Å². The van der Waals surface area contributed by atoms with Gasteiger partial charge < -0.3 is 0 Å². The highest BCUT2D eigenvalue weighted by Crippen LogP contribution is 2.40. The quantitative estimate of drug-likeness (QED) is 0.691. The molecule has 2 aromatic rings. The Morgan fingerprint density at radius 3 is 2.38 bits per heavy atom. The zero-order chi connectivity index (χ0) is 10.8. The van der Waals surface area contributed by atoms with Crippen molar-refractivity contribution >= 4 is 16.7 Å². The van der Waals surface area contributed by atoms with Crippen LogP contribution in [0.1, 0.15) is 11.1 Å². The van der Waals surface area contributed by atoms with Gasteiger partial charge in [-0.1, -0.05) is 66.4 Å². The maximum Gasteiger partial charge on any atom is 0.0161 e. The number of thioether (sulfide) groups is 1. The molecule has 0 spiro atoms. The molecule has 3 rings (SSSR count). The van der Waals surface area contributed by atoms with Crippen LogP contribution in [-0.2, 0) is 0 Å². The van der Waals surface area contributed by atoms with Crippen LogP contribution >= 0.6 is 11.8 Å². The molecule has 0 fully saturated rings. The molecule has 2 aromatic carbocycles. The Labute approximate surface area is 100 Å². The van der Waals surface area contributed by atoms with Gasteiger partial charge in [-0.3, -0.25) is 0 Å². The van der Waals surface area contributed by atoms with Gasteiger partial charge in [0.15, 0.2) is 0 Å². The molecule has 1 aliphatic rings. The van der Waals surface area contributed by atoms with E-state index < -0.39 is 0 Å². The lowest BCUT2D eigenvalue weighted by Gasteiger charge is -2.15. The van der Waals surface area contributed by atoms with Gasteiger partial charge in [0.1, 0.15) is 0 Å². The van der Waals surface area contributed by atoms with Gasteiger partial charge in [0, 0.05) is 16.2 Å². The van der Waals surface area contributed by atoms with Crippen LogP contribution in [0.2, 0.25) is 0 Å². The van der Waals surface area contributed by atoms with Gasteiger partial charge in [-0.15, -0.1) is 0 Å². The zero-order valence-electron chi connectivity index (χ0n) is 8.76. The van der Waals surface area contributed by atoms with Gasteiger partial charge in [0.05, 0.1) is 0 Å². The summed E-state index contributed by atoms with van der Waals surface area (Å²) < 4.78 is 0. The predicted octanol–water partition coefficient (Wildman–Crippen LogP) is 4.39. The molecule has 0 aliphatic carbocycles. The number of rotatable bonds is 1. The Morgan fingerprint density at radius 1 is 0.750 bits per heavy atom. The van der Waals surface area contributed by atoms with Crippen molar-refractivity contribution in [1.82, 2.24) is 0 Å². The lowest BCUT2D eigenvalue weighted by Crippen LogP contribution is -1.91. The van der Waals surface area contributed by atoms with Crippen LogP contribution in [0.4, 0.5) is 0 Å². The monoisotopic (exact) mass is 223 g/mol. The van der Waals surface area contributed by atoms with Gasteiger partial charge in [-0.25, -0.2) is 0 Å². The third-order valence-corrected chi connectivity index (χ3v) is 3.79. The number of allylic oxidation sites excluding steroid dienone is 1. The summed E-state index contributed by atoms with van der Waals surface area (Å²) in [6.45, 7) is 0. The molecule has 77 valence electrons. The van der Waals surface area contributed by atoms with Gasteiger partial charge in [-0.05, 0) is 17.2 Å². The fraction of sp³-hybridized carbons (Fsp3) is 0. The van der Waals surface area contributed by atoms with Crippen molar-refractivity contribution in [2.24, 2.45) is 0 Å². The predicted molar refractivity (Wildman–Crippen MR) is 70.1 cm³/mol. The number of benzene rings is 2. The largest absolute Gasteiger partial charge is 0.0895 e. The van der Waals surface area contributed by atoms with Gasteiger partial charge in [0.2, 0.25) is 0 Å². The van der Waals surface area contributed by atoms with Crippen molar-refractivity contribution in [3.8, 4) is 0 Å². The first-order valence-electron chi connectivity index (χ1n) is 5.31. The van der Waals surface area contributed by atoms with Crippen LogP contribution in [0.25, 0.3) is 4.91 Å². The molecular formula is C15H11S. The van der Waals surface area contributed by atoms with E-state index in [0.29, 0.717) is 0 Å². The average Bonchev–Trinajstić information content (AvgIpc) is 2.39. The molecule has 0 nitrogen and oxygen atoms in total. The molecule has 0 unspecified atom stereocenters. The van der Waals surface area contributed by atoms with Crippen molar-refractivity contribution < 1.29 is 0 Å². The zero-order valence-corrected chi connectivity index (χ0v) is 9.58. The van der Waals surface area contributed by atoms with E-state index in [9.17, 15) is 0 Å². The highest BCUT2D eigenvalue weighted by molar-refractivity contribution is 8.08. The normalized spacial score (nSPS) is 14.1.